The number of nitrogens with zero attached hydrogens (tertiary/aromatic N) is 4. The van der Waals surface area contributed by atoms with Crippen molar-refractivity contribution in [3.63, 3.8) is 0 Å². The Balaban J connectivity index is 1.95. The number of aromatic nitrogens is 4. The SMILES string of the molecule is CCC(C(=O)NCc1cnc(C)cn1)n1cccn1. The maximum atomic E-state index is 12.1. The molecule has 0 aliphatic heterocycles. The molecule has 0 bridgehead atoms. The predicted molar refractivity (Wildman–Crippen MR) is 70.2 cm³/mol. The molecule has 2 rings (SSSR count). The Kier molecular flexibility index (Phi) is 4.22. The Morgan fingerprint density at radius 3 is 2.84 bits per heavy atom. The van der Waals surface area contributed by atoms with Gasteiger partial charge in [0.25, 0.3) is 0 Å². The molecule has 2 aromatic heterocycles. The number of carbonyl (C=O) groups is 1. The fraction of sp³-hybridized carbons (Fsp3) is 0.385. The summed E-state index contributed by atoms with van der Waals surface area (Å²) in [6.45, 7) is 4.21. The first-order valence-electron chi connectivity index (χ1n) is 6.25. The van der Waals surface area contributed by atoms with Crippen LogP contribution in [0.5, 0.6) is 0 Å². The van der Waals surface area contributed by atoms with Crippen molar-refractivity contribution in [1.29, 1.82) is 0 Å². The molecule has 1 N–H and O–H groups in total. The third-order valence-electron chi connectivity index (χ3n) is 2.81. The van der Waals surface area contributed by atoms with Crippen LogP contribution in [0.15, 0.2) is 30.9 Å². The third kappa shape index (κ3) is 3.37. The smallest absolute Gasteiger partial charge is 0.245 e. The number of hydrogen-bond donors (Lipinski definition) is 1. The van der Waals surface area contributed by atoms with Crippen LogP contribution >= 0.6 is 0 Å². The summed E-state index contributed by atoms with van der Waals surface area (Å²) in [6.07, 6.45) is 7.50. The fourth-order valence-corrected chi connectivity index (χ4v) is 1.76. The number of rotatable bonds is 5. The third-order valence-corrected chi connectivity index (χ3v) is 2.81. The van der Waals surface area contributed by atoms with Gasteiger partial charge in [-0.3, -0.25) is 19.4 Å². The molecule has 6 nitrogen and oxygen atoms in total. The summed E-state index contributed by atoms with van der Waals surface area (Å²) in [4.78, 5) is 20.4. The summed E-state index contributed by atoms with van der Waals surface area (Å²) in [5.74, 6) is -0.0615. The van der Waals surface area contributed by atoms with Gasteiger partial charge in [0.1, 0.15) is 6.04 Å². The van der Waals surface area contributed by atoms with Crippen molar-refractivity contribution >= 4 is 5.91 Å². The Hall–Kier alpha value is -2.24. The molecule has 0 radical (unpaired) electrons. The van der Waals surface area contributed by atoms with E-state index in [9.17, 15) is 4.79 Å². The molecule has 100 valence electrons. The molecule has 0 aliphatic carbocycles. The van der Waals surface area contributed by atoms with E-state index in [0.29, 0.717) is 13.0 Å². The number of carbonyl (C=O) groups excluding carboxylic acids is 1. The standard InChI is InChI=1S/C13H17N5O/c1-3-12(18-6-4-5-17-18)13(19)16-9-11-8-14-10(2)7-15-11/h4-8,12H,3,9H2,1-2H3,(H,16,19). The van der Waals surface area contributed by atoms with E-state index >= 15 is 0 Å². The first-order chi connectivity index (χ1) is 9.20. The average Bonchev–Trinajstić information content (AvgIpc) is 2.93. The summed E-state index contributed by atoms with van der Waals surface area (Å²) in [5.41, 5.74) is 1.60. The molecule has 1 atom stereocenters. The molecule has 0 fully saturated rings. The van der Waals surface area contributed by atoms with Crippen molar-refractivity contribution < 1.29 is 4.79 Å². The van der Waals surface area contributed by atoms with Gasteiger partial charge in [0, 0.05) is 18.6 Å². The minimum Gasteiger partial charge on any atom is -0.349 e. The number of amides is 1. The number of nitrogens with one attached hydrogen (secondary N) is 1. The normalized spacial score (nSPS) is 12.1. The number of aryl methyl sites for hydroxylation is 1. The van der Waals surface area contributed by atoms with Gasteiger partial charge in [-0.2, -0.15) is 5.10 Å². The zero-order valence-electron chi connectivity index (χ0n) is 11.1. The second-order valence-corrected chi connectivity index (χ2v) is 4.28. The van der Waals surface area contributed by atoms with Gasteiger partial charge in [-0.15, -0.1) is 0 Å². The molecule has 6 heteroatoms. The van der Waals surface area contributed by atoms with Gasteiger partial charge in [0.2, 0.25) is 5.91 Å². The van der Waals surface area contributed by atoms with Crippen molar-refractivity contribution in [3.05, 3.63) is 42.2 Å². The number of hydrogen-bond acceptors (Lipinski definition) is 4. The van der Waals surface area contributed by atoms with E-state index in [0.717, 1.165) is 11.4 Å². The molecule has 0 aromatic carbocycles. The summed E-state index contributed by atoms with van der Waals surface area (Å²) in [7, 11) is 0. The largest absolute Gasteiger partial charge is 0.349 e. The summed E-state index contributed by atoms with van der Waals surface area (Å²) in [6, 6.07) is 1.52. The fourth-order valence-electron chi connectivity index (χ4n) is 1.76. The second kappa shape index (κ2) is 6.08. The van der Waals surface area contributed by atoms with Crippen molar-refractivity contribution in [3.8, 4) is 0 Å². The highest BCUT2D eigenvalue weighted by molar-refractivity contribution is 5.80. The Bertz CT molecular complexity index is 520. The minimum absolute atomic E-state index is 0.0615. The average molecular weight is 259 g/mol. The lowest BCUT2D eigenvalue weighted by atomic mass is 10.2. The molecule has 0 saturated carbocycles. The molecule has 2 aromatic rings. The lowest BCUT2D eigenvalue weighted by molar-refractivity contribution is -0.124. The van der Waals surface area contributed by atoms with Crippen LogP contribution in [0.3, 0.4) is 0 Å². The maximum absolute atomic E-state index is 12.1. The molecule has 2 heterocycles. The van der Waals surface area contributed by atoms with E-state index in [2.05, 4.69) is 20.4 Å². The van der Waals surface area contributed by atoms with Gasteiger partial charge < -0.3 is 5.32 Å². The van der Waals surface area contributed by atoms with Crippen LogP contribution in [0.1, 0.15) is 30.8 Å². The van der Waals surface area contributed by atoms with E-state index in [1.54, 1.807) is 35.5 Å². The Morgan fingerprint density at radius 1 is 1.42 bits per heavy atom. The highest BCUT2D eigenvalue weighted by Crippen LogP contribution is 2.09. The van der Waals surface area contributed by atoms with Crippen LogP contribution in [0.25, 0.3) is 0 Å². The molecular weight excluding hydrogens is 242 g/mol. The summed E-state index contributed by atoms with van der Waals surface area (Å²) < 4.78 is 1.66. The van der Waals surface area contributed by atoms with Gasteiger partial charge in [-0.1, -0.05) is 6.92 Å². The van der Waals surface area contributed by atoms with E-state index in [4.69, 9.17) is 0 Å². The molecule has 0 saturated heterocycles. The molecule has 1 amide bonds. The van der Waals surface area contributed by atoms with Gasteiger partial charge >= 0.3 is 0 Å². The summed E-state index contributed by atoms with van der Waals surface area (Å²) in [5, 5.41) is 6.96. The summed E-state index contributed by atoms with van der Waals surface area (Å²) >= 11 is 0. The van der Waals surface area contributed by atoms with E-state index in [1.807, 2.05) is 13.8 Å². The van der Waals surface area contributed by atoms with Gasteiger partial charge in [-0.25, -0.2) is 0 Å². The van der Waals surface area contributed by atoms with Crippen LogP contribution in [-0.2, 0) is 11.3 Å². The van der Waals surface area contributed by atoms with Crippen molar-refractivity contribution in [2.24, 2.45) is 0 Å². The minimum atomic E-state index is -0.284. The first kappa shape index (κ1) is 13.2. The van der Waals surface area contributed by atoms with Crippen molar-refractivity contribution in [1.82, 2.24) is 25.1 Å². The van der Waals surface area contributed by atoms with E-state index < -0.39 is 0 Å². The zero-order chi connectivity index (χ0) is 13.7. The second-order valence-electron chi connectivity index (χ2n) is 4.28. The van der Waals surface area contributed by atoms with E-state index in [-0.39, 0.29) is 11.9 Å². The first-order valence-corrected chi connectivity index (χ1v) is 6.25. The maximum Gasteiger partial charge on any atom is 0.245 e. The van der Waals surface area contributed by atoms with Crippen molar-refractivity contribution in [2.45, 2.75) is 32.9 Å². The van der Waals surface area contributed by atoms with Crippen LogP contribution in [0, 0.1) is 6.92 Å². The van der Waals surface area contributed by atoms with Gasteiger partial charge in [0.05, 0.1) is 24.1 Å². The van der Waals surface area contributed by atoms with Crippen LogP contribution in [0.2, 0.25) is 0 Å². The van der Waals surface area contributed by atoms with Crippen LogP contribution in [-0.4, -0.2) is 25.7 Å². The molecule has 0 spiro atoms. The lowest BCUT2D eigenvalue weighted by Gasteiger charge is -2.15. The lowest BCUT2D eigenvalue weighted by Crippen LogP contribution is -2.32. The topological polar surface area (TPSA) is 72.7 Å². The predicted octanol–water partition coefficient (Wildman–Crippen LogP) is 1.25. The molecule has 1 unspecified atom stereocenters. The van der Waals surface area contributed by atoms with E-state index in [1.165, 1.54) is 0 Å². The van der Waals surface area contributed by atoms with Gasteiger partial charge in [-0.05, 0) is 19.4 Å². The quantitative estimate of drug-likeness (QED) is 0.877. The van der Waals surface area contributed by atoms with Crippen LogP contribution < -0.4 is 5.32 Å². The molecule has 0 aliphatic rings. The van der Waals surface area contributed by atoms with Crippen molar-refractivity contribution in [2.75, 3.05) is 0 Å². The highest BCUT2D eigenvalue weighted by Gasteiger charge is 2.18. The monoisotopic (exact) mass is 259 g/mol. The van der Waals surface area contributed by atoms with Crippen LogP contribution in [0.4, 0.5) is 0 Å². The molecular formula is C13H17N5O. The highest BCUT2D eigenvalue weighted by atomic mass is 16.2. The Morgan fingerprint density at radius 2 is 2.26 bits per heavy atom. The molecule has 19 heavy (non-hydrogen) atoms. The Labute approximate surface area is 111 Å². The zero-order valence-corrected chi connectivity index (χ0v) is 11.1. The van der Waals surface area contributed by atoms with Gasteiger partial charge in [0.15, 0.2) is 0 Å².